The van der Waals surface area contributed by atoms with Crippen molar-refractivity contribution >= 4 is 17.5 Å². The summed E-state index contributed by atoms with van der Waals surface area (Å²) in [6, 6.07) is 15.5. The Labute approximate surface area is 161 Å². The van der Waals surface area contributed by atoms with Gasteiger partial charge in [-0.2, -0.15) is 0 Å². The van der Waals surface area contributed by atoms with E-state index < -0.39 is 0 Å². The van der Waals surface area contributed by atoms with Gasteiger partial charge in [0.1, 0.15) is 6.54 Å². The number of rotatable bonds is 8. The van der Waals surface area contributed by atoms with Crippen molar-refractivity contribution in [1.29, 1.82) is 0 Å². The van der Waals surface area contributed by atoms with E-state index in [9.17, 15) is 9.59 Å². The summed E-state index contributed by atoms with van der Waals surface area (Å²) in [6.45, 7) is 5.42. The Morgan fingerprint density at radius 3 is 2.37 bits per heavy atom. The van der Waals surface area contributed by atoms with Crippen molar-refractivity contribution in [1.82, 2.24) is 5.32 Å². The molecule has 3 N–H and O–H groups in total. The zero-order chi connectivity index (χ0) is 19.8. The van der Waals surface area contributed by atoms with E-state index in [0.29, 0.717) is 24.6 Å². The lowest BCUT2D eigenvalue weighted by Crippen LogP contribution is -3.08. The van der Waals surface area contributed by atoms with Gasteiger partial charge in [0.05, 0.1) is 7.05 Å². The number of anilines is 1. The molecule has 2 aromatic carbocycles. The van der Waals surface area contributed by atoms with Crippen LogP contribution in [-0.2, 0) is 11.3 Å². The fourth-order valence-corrected chi connectivity index (χ4v) is 3.06. The third kappa shape index (κ3) is 5.93. The number of hydrogen-bond acceptors (Lipinski definition) is 2. The third-order valence-corrected chi connectivity index (χ3v) is 4.79. The average Bonchev–Trinajstić information content (AvgIpc) is 2.67. The molecule has 0 aliphatic heterocycles. The summed E-state index contributed by atoms with van der Waals surface area (Å²) in [7, 11) is 3.61. The van der Waals surface area contributed by atoms with Gasteiger partial charge in [-0.3, -0.25) is 9.59 Å². The van der Waals surface area contributed by atoms with Crippen LogP contribution in [0.1, 0.15) is 47.7 Å². The maximum absolute atomic E-state index is 12.5. The fourth-order valence-electron chi connectivity index (χ4n) is 3.06. The van der Waals surface area contributed by atoms with Gasteiger partial charge in [0.2, 0.25) is 0 Å². The first-order valence-electron chi connectivity index (χ1n) is 9.45. The summed E-state index contributed by atoms with van der Waals surface area (Å²) in [5.41, 5.74) is 3.81. The molecule has 0 bridgehead atoms. The highest BCUT2D eigenvalue weighted by atomic mass is 16.2. The fraction of sp³-hybridized carbons (Fsp3) is 0.364. The number of para-hydroxylation sites is 1. The van der Waals surface area contributed by atoms with Gasteiger partial charge in [-0.15, -0.1) is 0 Å². The number of benzene rings is 2. The second kappa shape index (κ2) is 9.88. The van der Waals surface area contributed by atoms with Crippen LogP contribution in [0.25, 0.3) is 0 Å². The van der Waals surface area contributed by atoms with E-state index in [4.69, 9.17) is 0 Å². The molecule has 0 saturated heterocycles. The Bertz CT molecular complexity index is 771. The molecule has 0 aliphatic rings. The number of amides is 2. The van der Waals surface area contributed by atoms with E-state index in [1.54, 1.807) is 7.05 Å². The predicted molar refractivity (Wildman–Crippen MR) is 109 cm³/mol. The van der Waals surface area contributed by atoms with Gasteiger partial charge in [-0.1, -0.05) is 44.2 Å². The van der Waals surface area contributed by atoms with Gasteiger partial charge in [0.15, 0.2) is 6.54 Å². The monoisotopic (exact) mass is 368 g/mol. The Morgan fingerprint density at radius 1 is 1.07 bits per heavy atom. The summed E-state index contributed by atoms with van der Waals surface area (Å²) in [5, 5.41) is 5.67. The average molecular weight is 369 g/mol. The summed E-state index contributed by atoms with van der Waals surface area (Å²) < 4.78 is 0. The number of likely N-dealkylation sites (N-methyl/N-ethyl adjacent to an activating group) is 1. The molecule has 1 unspecified atom stereocenters. The molecule has 5 heteroatoms. The highest BCUT2D eigenvalue weighted by Crippen LogP contribution is 2.26. The van der Waals surface area contributed by atoms with Gasteiger partial charge in [0.25, 0.3) is 11.8 Å². The normalized spacial score (nSPS) is 12.9. The number of nitrogens with one attached hydrogen (secondary N) is 3. The molecule has 2 rings (SSSR count). The molecule has 0 aromatic heterocycles. The lowest BCUT2D eigenvalue weighted by atomic mass is 9.97. The first-order valence-corrected chi connectivity index (χ1v) is 9.45. The first-order chi connectivity index (χ1) is 12.9. The number of carbonyl (C=O) groups is 2. The van der Waals surface area contributed by atoms with Gasteiger partial charge >= 0.3 is 0 Å². The Kier molecular flexibility index (Phi) is 7.55. The summed E-state index contributed by atoms with van der Waals surface area (Å²) in [6.07, 6.45) is 1.03. The van der Waals surface area contributed by atoms with Gasteiger partial charge < -0.3 is 15.5 Å². The molecule has 0 fully saturated rings. The maximum Gasteiger partial charge on any atom is 0.279 e. The minimum absolute atomic E-state index is 0.00485. The van der Waals surface area contributed by atoms with Crippen LogP contribution in [0.4, 0.5) is 5.69 Å². The van der Waals surface area contributed by atoms with Crippen molar-refractivity contribution in [2.75, 3.05) is 26.0 Å². The molecule has 2 aromatic rings. The first kappa shape index (κ1) is 20.6. The maximum atomic E-state index is 12.5. The number of carbonyl (C=O) groups excluding carboxylic acids is 2. The Balaban J connectivity index is 1.93. The second-order valence-corrected chi connectivity index (χ2v) is 7.03. The van der Waals surface area contributed by atoms with E-state index in [-0.39, 0.29) is 11.8 Å². The third-order valence-electron chi connectivity index (χ3n) is 4.79. The SMILES string of the molecule is CC[C@H](C)c1ccccc1NC(=O)C[NH+](C)Cc1ccc(C(=O)NC)cc1. The summed E-state index contributed by atoms with van der Waals surface area (Å²) in [4.78, 5) is 25.2. The lowest BCUT2D eigenvalue weighted by molar-refractivity contribution is -0.885. The van der Waals surface area contributed by atoms with Crippen LogP contribution >= 0.6 is 0 Å². The van der Waals surface area contributed by atoms with Crippen LogP contribution in [0.3, 0.4) is 0 Å². The van der Waals surface area contributed by atoms with E-state index in [2.05, 4.69) is 30.5 Å². The molecule has 0 aliphatic carbocycles. The zero-order valence-electron chi connectivity index (χ0n) is 16.6. The van der Waals surface area contributed by atoms with Crippen molar-refractivity contribution in [2.45, 2.75) is 32.7 Å². The Morgan fingerprint density at radius 2 is 1.74 bits per heavy atom. The largest absolute Gasteiger partial charge is 0.355 e. The van der Waals surface area contributed by atoms with Crippen molar-refractivity contribution in [3.05, 3.63) is 65.2 Å². The topological polar surface area (TPSA) is 62.6 Å². The molecule has 0 radical (unpaired) electrons. The molecule has 27 heavy (non-hydrogen) atoms. The molecule has 5 nitrogen and oxygen atoms in total. The highest BCUT2D eigenvalue weighted by Gasteiger charge is 2.14. The highest BCUT2D eigenvalue weighted by molar-refractivity contribution is 5.94. The molecule has 0 heterocycles. The van der Waals surface area contributed by atoms with Crippen molar-refractivity contribution in [3.63, 3.8) is 0 Å². The number of quaternary nitrogens is 1. The van der Waals surface area contributed by atoms with Gasteiger partial charge in [0, 0.05) is 23.9 Å². The second-order valence-electron chi connectivity index (χ2n) is 7.03. The van der Waals surface area contributed by atoms with Crippen LogP contribution in [0.2, 0.25) is 0 Å². The van der Waals surface area contributed by atoms with Crippen LogP contribution in [-0.4, -0.2) is 32.5 Å². The lowest BCUT2D eigenvalue weighted by Gasteiger charge is -2.17. The summed E-state index contributed by atoms with van der Waals surface area (Å²) >= 11 is 0. The molecule has 2 atom stereocenters. The van der Waals surface area contributed by atoms with Crippen molar-refractivity contribution in [2.24, 2.45) is 0 Å². The van der Waals surface area contributed by atoms with E-state index >= 15 is 0 Å². The van der Waals surface area contributed by atoms with Gasteiger partial charge in [-0.05, 0) is 36.1 Å². The zero-order valence-corrected chi connectivity index (χ0v) is 16.6. The van der Waals surface area contributed by atoms with Crippen molar-refractivity contribution in [3.8, 4) is 0 Å². The van der Waals surface area contributed by atoms with Crippen LogP contribution < -0.4 is 15.5 Å². The molecular formula is C22H30N3O2+. The minimum Gasteiger partial charge on any atom is -0.355 e. The van der Waals surface area contributed by atoms with Gasteiger partial charge in [-0.25, -0.2) is 0 Å². The van der Waals surface area contributed by atoms with E-state index in [0.717, 1.165) is 22.6 Å². The minimum atomic E-state index is -0.0957. The van der Waals surface area contributed by atoms with E-state index in [1.807, 2.05) is 49.5 Å². The van der Waals surface area contributed by atoms with Crippen molar-refractivity contribution < 1.29 is 14.5 Å². The summed E-state index contributed by atoms with van der Waals surface area (Å²) in [5.74, 6) is 0.317. The smallest absolute Gasteiger partial charge is 0.279 e. The molecule has 0 spiro atoms. The number of hydrogen-bond donors (Lipinski definition) is 3. The molecule has 144 valence electrons. The van der Waals surface area contributed by atoms with Crippen LogP contribution in [0.5, 0.6) is 0 Å². The van der Waals surface area contributed by atoms with E-state index in [1.165, 1.54) is 5.56 Å². The molecule has 0 saturated carbocycles. The standard InChI is InChI=1S/C22H29N3O2/c1-5-16(2)19-8-6-7-9-20(19)24-21(26)15-25(4)14-17-10-12-18(13-11-17)22(27)23-3/h6-13,16H,5,14-15H2,1-4H3,(H,23,27)(H,24,26)/p+1/t16-/m0/s1. The predicted octanol–water partition coefficient (Wildman–Crippen LogP) is 2.21. The Hall–Kier alpha value is -2.66. The molecular weight excluding hydrogens is 338 g/mol. The van der Waals surface area contributed by atoms with Crippen LogP contribution in [0.15, 0.2) is 48.5 Å². The van der Waals surface area contributed by atoms with Crippen LogP contribution in [0, 0.1) is 0 Å². The quantitative estimate of drug-likeness (QED) is 0.669. The molecule has 2 amide bonds.